The topological polar surface area (TPSA) is 38.3 Å². The lowest BCUT2D eigenvalue weighted by Crippen LogP contribution is -2.32. The van der Waals surface area contributed by atoms with Crippen LogP contribution in [-0.4, -0.2) is 30.2 Å². The Hall–Kier alpha value is -0.380. The molecule has 1 aliphatic rings. The third-order valence-electron chi connectivity index (χ3n) is 2.22. The van der Waals surface area contributed by atoms with Gasteiger partial charge in [0.25, 0.3) is 0 Å². The second-order valence-corrected chi connectivity index (χ2v) is 5.12. The second kappa shape index (κ2) is 6.17. The van der Waals surface area contributed by atoms with Gasteiger partial charge >= 0.3 is 6.09 Å². The third-order valence-corrected chi connectivity index (χ3v) is 3.27. The first-order chi connectivity index (χ1) is 6.68. The monoisotopic (exact) mass is 217 g/mol. The van der Waals surface area contributed by atoms with Crippen LogP contribution in [0.4, 0.5) is 4.79 Å². The lowest BCUT2D eigenvalue weighted by Gasteiger charge is -2.21. The zero-order chi connectivity index (χ0) is 10.4. The summed E-state index contributed by atoms with van der Waals surface area (Å²) < 4.78 is 4.99. The highest BCUT2D eigenvalue weighted by Gasteiger charge is 2.14. The molecule has 1 aliphatic heterocycles. The predicted octanol–water partition coefficient (Wildman–Crippen LogP) is 2.26. The van der Waals surface area contributed by atoms with Crippen LogP contribution in [0.2, 0.25) is 0 Å². The number of carbonyl (C=O) groups is 1. The van der Waals surface area contributed by atoms with E-state index in [9.17, 15) is 4.79 Å². The predicted molar refractivity (Wildman–Crippen MR) is 59.7 cm³/mol. The first-order valence-corrected chi connectivity index (χ1v) is 6.36. The van der Waals surface area contributed by atoms with Crippen molar-refractivity contribution in [2.24, 2.45) is 5.92 Å². The Bertz CT molecular complexity index is 179. The van der Waals surface area contributed by atoms with Crippen molar-refractivity contribution >= 4 is 17.9 Å². The number of amides is 1. The molecule has 0 atom stereocenters. The number of rotatable bonds is 3. The van der Waals surface area contributed by atoms with Crippen molar-refractivity contribution < 1.29 is 9.53 Å². The standard InChI is InChI=1S/C10H19NO2S/c1-8(2)13-10(12)11-7-9-3-5-14-6-4-9/h8-9H,3-7H2,1-2H3,(H,11,12). The first kappa shape index (κ1) is 11.7. The first-order valence-electron chi connectivity index (χ1n) is 5.20. The molecule has 1 N–H and O–H groups in total. The van der Waals surface area contributed by atoms with Crippen molar-refractivity contribution in [1.29, 1.82) is 0 Å². The molecule has 0 radical (unpaired) electrons. The van der Waals surface area contributed by atoms with Gasteiger partial charge in [0.1, 0.15) is 0 Å². The molecular weight excluding hydrogens is 198 g/mol. The maximum Gasteiger partial charge on any atom is 0.407 e. The summed E-state index contributed by atoms with van der Waals surface area (Å²) in [5.41, 5.74) is 0. The number of ether oxygens (including phenoxy) is 1. The van der Waals surface area contributed by atoms with Gasteiger partial charge in [-0.2, -0.15) is 11.8 Å². The number of hydrogen-bond acceptors (Lipinski definition) is 3. The van der Waals surface area contributed by atoms with Crippen LogP contribution in [0.15, 0.2) is 0 Å². The number of nitrogens with one attached hydrogen (secondary N) is 1. The SMILES string of the molecule is CC(C)OC(=O)NCC1CCSCC1. The molecule has 1 heterocycles. The van der Waals surface area contributed by atoms with E-state index in [1.54, 1.807) is 0 Å². The summed E-state index contributed by atoms with van der Waals surface area (Å²) in [5, 5.41) is 2.81. The van der Waals surface area contributed by atoms with E-state index >= 15 is 0 Å². The van der Waals surface area contributed by atoms with Gasteiger partial charge in [-0.25, -0.2) is 4.79 Å². The molecule has 0 spiro atoms. The molecule has 14 heavy (non-hydrogen) atoms. The molecular formula is C10H19NO2S. The van der Waals surface area contributed by atoms with Gasteiger partial charge in [-0.15, -0.1) is 0 Å². The minimum Gasteiger partial charge on any atom is -0.447 e. The van der Waals surface area contributed by atoms with Crippen molar-refractivity contribution in [2.45, 2.75) is 32.8 Å². The maximum atomic E-state index is 11.2. The van der Waals surface area contributed by atoms with E-state index in [1.165, 1.54) is 24.3 Å². The summed E-state index contributed by atoms with van der Waals surface area (Å²) in [6, 6.07) is 0. The average molecular weight is 217 g/mol. The molecule has 0 aliphatic carbocycles. The molecule has 1 saturated heterocycles. The molecule has 4 heteroatoms. The molecule has 1 fully saturated rings. The van der Waals surface area contributed by atoms with Gasteiger partial charge in [0.05, 0.1) is 6.10 Å². The van der Waals surface area contributed by atoms with Gasteiger partial charge in [0, 0.05) is 6.54 Å². The van der Waals surface area contributed by atoms with E-state index in [0.29, 0.717) is 5.92 Å². The highest BCUT2D eigenvalue weighted by Crippen LogP contribution is 2.21. The summed E-state index contributed by atoms with van der Waals surface area (Å²) in [4.78, 5) is 11.2. The van der Waals surface area contributed by atoms with Crippen LogP contribution in [0.1, 0.15) is 26.7 Å². The van der Waals surface area contributed by atoms with Crippen LogP contribution in [0.25, 0.3) is 0 Å². The fraction of sp³-hybridized carbons (Fsp3) is 0.900. The molecule has 3 nitrogen and oxygen atoms in total. The van der Waals surface area contributed by atoms with Crippen LogP contribution in [0, 0.1) is 5.92 Å². The molecule has 1 amide bonds. The fourth-order valence-corrected chi connectivity index (χ4v) is 2.64. The van der Waals surface area contributed by atoms with Gasteiger partial charge in [0.2, 0.25) is 0 Å². The minimum atomic E-state index is -0.279. The summed E-state index contributed by atoms with van der Waals surface area (Å²) in [7, 11) is 0. The van der Waals surface area contributed by atoms with Crippen LogP contribution < -0.4 is 5.32 Å². The van der Waals surface area contributed by atoms with Crippen LogP contribution >= 0.6 is 11.8 Å². The van der Waals surface area contributed by atoms with Crippen LogP contribution in [0.5, 0.6) is 0 Å². The van der Waals surface area contributed by atoms with Gasteiger partial charge in [-0.1, -0.05) is 0 Å². The largest absolute Gasteiger partial charge is 0.447 e. The van der Waals surface area contributed by atoms with Crippen molar-refractivity contribution in [3.63, 3.8) is 0 Å². The van der Waals surface area contributed by atoms with E-state index in [2.05, 4.69) is 5.32 Å². The molecule has 0 aromatic heterocycles. The molecule has 0 bridgehead atoms. The van der Waals surface area contributed by atoms with Crippen LogP contribution in [0.3, 0.4) is 0 Å². The maximum absolute atomic E-state index is 11.2. The van der Waals surface area contributed by atoms with E-state index in [1.807, 2.05) is 25.6 Å². The fourth-order valence-electron chi connectivity index (χ4n) is 1.43. The van der Waals surface area contributed by atoms with Crippen molar-refractivity contribution in [1.82, 2.24) is 5.32 Å². The molecule has 0 aromatic carbocycles. The Balaban J connectivity index is 2.09. The zero-order valence-corrected chi connectivity index (χ0v) is 9.73. The summed E-state index contributed by atoms with van der Waals surface area (Å²) in [5.74, 6) is 3.10. The molecule has 82 valence electrons. The van der Waals surface area contributed by atoms with Crippen molar-refractivity contribution in [3.05, 3.63) is 0 Å². The Morgan fingerprint density at radius 1 is 1.50 bits per heavy atom. The van der Waals surface area contributed by atoms with Gasteiger partial charge in [-0.3, -0.25) is 0 Å². The number of carbonyl (C=O) groups excluding carboxylic acids is 1. The average Bonchev–Trinajstić information content (AvgIpc) is 2.15. The molecule has 0 saturated carbocycles. The van der Waals surface area contributed by atoms with Gasteiger partial charge in [0.15, 0.2) is 0 Å². The lowest BCUT2D eigenvalue weighted by atomic mass is 10.0. The Morgan fingerprint density at radius 2 is 2.14 bits per heavy atom. The van der Waals surface area contributed by atoms with Crippen molar-refractivity contribution in [3.8, 4) is 0 Å². The lowest BCUT2D eigenvalue weighted by molar-refractivity contribution is 0.114. The summed E-state index contributed by atoms with van der Waals surface area (Å²) in [6.07, 6.45) is 2.12. The van der Waals surface area contributed by atoms with E-state index in [0.717, 1.165) is 6.54 Å². The van der Waals surface area contributed by atoms with Gasteiger partial charge < -0.3 is 10.1 Å². The zero-order valence-electron chi connectivity index (χ0n) is 8.91. The summed E-state index contributed by atoms with van der Waals surface area (Å²) in [6.45, 7) is 4.49. The Kier molecular flexibility index (Phi) is 5.15. The molecule has 0 aromatic rings. The quantitative estimate of drug-likeness (QED) is 0.788. The number of alkyl carbamates (subject to hydrolysis) is 1. The highest BCUT2D eigenvalue weighted by atomic mass is 32.2. The number of hydrogen-bond donors (Lipinski definition) is 1. The summed E-state index contributed by atoms with van der Waals surface area (Å²) >= 11 is 2.00. The van der Waals surface area contributed by atoms with Crippen LogP contribution in [-0.2, 0) is 4.74 Å². The van der Waals surface area contributed by atoms with E-state index < -0.39 is 0 Å². The minimum absolute atomic E-state index is 0.0306. The number of thioether (sulfide) groups is 1. The Morgan fingerprint density at radius 3 is 2.71 bits per heavy atom. The van der Waals surface area contributed by atoms with E-state index in [-0.39, 0.29) is 12.2 Å². The molecule has 0 unspecified atom stereocenters. The third kappa shape index (κ3) is 4.74. The molecule has 1 rings (SSSR count). The second-order valence-electron chi connectivity index (χ2n) is 3.89. The smallest absolute Gasteiger partial charge is 0.407 e. The Labute approximate surface area is 90.0 Å². The normalized spacial score (nSPS) is 18.2. The van der Waals surface area contributed by atoms with Gasteiger partial charge in [-0.05, 0) is 44.1 Å². The van der Waals surface area contributed by atoms with E-state index in [4.69, 9.17) is 4.74 Å². The van der Waals surface area contributed by atoms with Crippen molar-refractivity contribution in [2.75, 3.05) is 18.1 Å². The highest BCUT2D eigenvalue weighted by molar-refractivity contribution is 7.99.